The van der Waals surface area contributed by atoms with Gasteiger partial charge in [0.1, 0.15) is 11.7 Å². The van der Waals surface area contributed by atoms with Crippen LogP contribution in [0.1, 0.15) is 0 Å². The summed E-state index contributed by atoms with van der Waals surface area (Å²) in [7, 11) is 0. The van der Waals surface area contributed by atoms with Crippen LogP contribution in [0.25, 0.3) is 0 Å². The summed E-state index contributed by atoms with van der Waals surface area (Å²) >= 11 is 0. The Balaban J connectivity index is 0.000000385. The number of carboxylic acids is 1. The first-order chi connectivity index (χ1) is 7.60. The van der Waals surface area contributed by atoms with E-state index in [9.17, 15) is 9.59 Å². The number of anilines is 1. The number of phenols is 1. The quantitative estimate of drug-likeness (QED) is 0.430. The molecule has 0 unspecified atom stereocenters. The molecule has 0 heterocycles. The third kappa shape index (κ3) is 7.14. The minimum Gasteiger partial charge on any atom is -0.508 e. The van der Waals surface area contributed by atoms with Crippen molar-refractivity contribution in [3.8, 4) is 5.75 Å². The van der Waals surface area contributed by atoms with Crippen molar-refractivity contribution in [2.24, 2.45) is 5.73 Å². The Morgan fingerprint density at radius 1 is 1.44 bits per heavy atom. The van der Waals surface area contributed by atoms with Crippen LogP contribution in [0.2, 0.25) is 0 Å². The van der Waals surface area contributed by atoms with Crippen LogP contribution in [-0.4, -0.2) is 28.7 Å². The topological polar surface area (TPSA) is 113 Å². The number of carbonyl (C=O) groups excluding carboxylic acids is 1. The van der Waals surface area contributed by atoms with E-state index in [1.54, 1.807) is 18.1 Å². The Morgan fingerprint density at radius 2 is 1.94 bits per heavy atom. The molecule has 6 nitrogen and oxygen atoms in total. The molecule has 0 atom stereocenters. The van der Waals surface area contributed by atoms with Gasteiger partial charge in [0.05, 0.1) is 12.7 Å². The molecule has 0 aliphatic rings. The Bertz CT molecular complexity index is 369. The molecule has 16 heavy (non-hydrogen) atoms. The molecule has 0 radical (unpaired) electrons. The minimum atomic E-state index is -0.968. The lowest BCUT2D eigenvalue weighted by Crippen LogP contribution is -2.10. The van der Waals surface area contributed by atoms with Crippen LogP contribution in [0.4, 0.5) is 5.69 Å². The van der Waals surface area contributed by atoms with Gasteiger partial charge in [-0.15, -0.1) is 0 Å². The second-order valence-electron chi connectivity index (χ2n) is 2.55. The van der Waals surface area contributed by atoms with Crippen LogP contribution in [0.15, 0.2) is 30.5 Å². The fourth-order valence-corrected chi connectivity index (χ4v) is 0.670. The number of nitrogens with one attached hydrogen (secondary N) is 1. The molecule has 6 heteroatoms. The third-order valence-electron chi connectivity index (χ3n) is 1.34. The Hall–Kier alpha value is -2.30. The highest BCUT2D eigenvalue weighted by Crippen LogP contribution is 2.12. The lowest BCUT2D eigenvalue weighted by atomic mass is 10.3. The highest BCUT2D eigenvalue weighted by molar-refractivity contribution is 5.68. The molecule has 1 aromatic carbocycles. The van der Waals surface area contributed by atoms with Crippen molar-refractivity contribution in [1.82, 2.24) is 0 Å². The number of hydrogen-bond donors (Lipinski definition) is 4. The van der Waals surface area contributed by atoms with Crippen LogP contribution in [0.5, 0.6) is 5.75 Å². The van der Waals surface area contributed by atoms with Gasteiger partial charge in [-0.3, -0.25) is 4.79 Å². The molecule has 0 bridgehead atoms. The van der Waals surface area contributed by atoms with E-state index in [0.29, 0.717) is 0 Å². The fraction of sp³-hybridized carbons (Fsp3) is 0.100. The number of aliphatic carboxylic acids is 1. The van der Waals surface area contributed by atoms with Gasteiger partial charge in [-0.2, -0.15) is 0 Å². The van der Waals surface area contributed by atoms with Crippen molar-refractivity contribution < 1.29 is 19.8 Å². The average molecular weight is 224 g/mol. The zero-order valence-electron chi connectivity index (χ0n) is 8.38. The van der Waals surface area contributed by atoms with E-state index in [1.807, 2.05) is 0 Å². The third-order valence-corrected chi connectivity index (χ3v) is 1.34. The first-order valence-electron chi connectivity index (χ1n) is 4.27. The number of nitrogens with two attached hydrogens (primary N) is 1. The van der Waals surface area contributed by atoms with Crippen molar-refractivity contribution >= 4 is 17.6 Å². The van der Waals surface area contributed by atoms with E-state index in [0.717, 1.165) is 11.9 Å². The Morgan fingerprint density at radius 3 is 2.31 bits per heavy atom. The smallest absolute Gasteiger partial charge is 0.317 e. The molecule has 0 aliphatic heterocycles. The first kappa shape index (κ1) is 13.7. The van der Waals surface area contributed by atoms with Gasteiger partial charge in [0.15, 0.2) is 0 Å². The Labute approximate surface area is 92.0 Å². The second kappa shape index (κ2) is 8.05. The van der Waals surface area contributed by atoms with Gasteiger partial charge in [-0.25, -0.2) is 4.79 Å². The maximum absolute atomic E-state index is 9.75. The number of hydrogen-bond acceptors (Lipinski definition) is 5. The van der Waals surface area contributed by atoms with E-state index in [4.69, 9.17) is 10.2 Å². The summed E-state index contributed by atoms with van der Waals surface area (Å²) in [6, 6.07) is 6.37. The molecular weight excluding hydrogens is 212 g/mol. The maximum atomic E-state index is 9.75. The maximum Gasteiger partial charge on any atom is 0.317 e. The van der Waals surface area contributed by atoms with Crippen LogP contribution in [0.3, 0.4) is 0 Å². The van der Waals surface area contributed by atoms with E-state index < -0.39 is 5.97 Å². The highest BCUT2D eigenvalue weighted by atomic mass is 16.4. The Kier molecular flexibility index (Phi) is 6.89. The van der Waals surface area contributed by atoms with Crippen LogP contribution < -0.4 is 11.1 Å². The lowest BCUT2D eigenvalue weighted by Gasteiger charge is -1.97. The largest absolute Gasteiger partial charge is 0.508 e. The molecule has 1 rings (SSSR count). The summed E-state index contributed by atoms with van der Waals surface area (Å²) in [4.78, 5) is 19.0. The van der Waals surface area contributed by atoms with Gasteiger partial charge in [0, 0.05) is 5.69 Å². The highest BCUT2D eigenvalue weighted by Gasteiger charge is 1.87. The van der Waals surface area contributed by atoms with Crippen molar-refractivity contribution in [2.45, 2.75) is 0 Å². The molecule has 0 aromatic heterocycles. The normalized spacial score (nSPS) is 8.06. The monoisotopic (exact) mass is 224 g/mol. The predicted molar refractivity (Wildman–Crippen MR) is 58.7 cm³/mol. The van der Waals surface area contributed by atoms with E-state index in [-0.39, 0.29) is 12.3 Å². The van der Waals surface area contributed by atoms with Crippen molar-refractivity contribution in [3.05, 3.63) is 30.5 Å². The number of carboxylic acid groups (broad SMARTS) is 1. The van der Waals surface area contributed by atoms with Crippen molar-refractivity contribution in [3.63, 3.8) is 0 Å². The van der Waals surface area contributed by atoms with Gasteiger partial charge >= 0.3 is 5.97 Å². The van der Waals surface area contributed by atoms with Gasteiger partial charge in [0.2, 0.25) is 0 Å². The summed E-state index contributed by atoms with van der Waals surface area (Å²) in [5.74, 6) is 0.814. The van der Waals surface area contributed by atoms with Crippen LogP contribution in [0, 0.1) is 0 Å². The second-order valence-corrected chi connectivity index (χ2v) is 2.55. The standard InChI is InChI=1S/C8H7NO2.C2H5NO2/c10-6-5-9-7-1-3-8(11)4-2-7;3-1-2(4)5/h1-5,9,11H;1,3H2,(H,4,5). The molecule has 5 N–H and O–H groups in total. The van der Waals surface area contributed by atoms with Gasteiger partial charge in [-0.1, -0.05) is 0 Å². The fourth-order valence-electron chi connectivity index (χ4n) is 0.670. The molecular formula is C10H12N2O4. The number of carbonyl (C=O) groups is 1. The first-order valence-corrected chi connectivity index (χ1v) is 4.27. The lowest BCUT2D eigenvalue weighted by molar-refractivity contribution is -0.135. The number of rotatable bonds is 3. The van der Waals surface area contributed by atoms with E-state index in [2.05, 4.69) is 11.1 Å². The number of aromatic hydroxyl groups is 1. The molecule has 0 spiro atoms. The molecule has 0 fully saturated rings. The van der Waals surface area contributed by atoms with Gasteiger partial charge < -0.3 is 21.3 Å². The minimum absolute atomic E-state index is 0.200. The van der Waals surface area contributed by atoms with E-state index >= 15 is 0 Å². The van der Waals surface area contributed by atoms with Crippen molar-refractivity contribution in [2.75, 3.05) is 11.9 Å². The van der Waals surface area contributed by atoms with E-state index in [1.165, 1.54) is 12.1 Å². The summed E-state index contributed by atoms with van der Waals surface area (Å²) in [5, 5.41) is 19.1. The summed E-state index contributed by atoms with van der Waals surface area (Å²) in [6.45, 7) is -0.278. The zero-order chi connectivity index (χ0) is 12.4. The predicted octanol–water partition coefficient (Wildman–Crippen LogP) is 0.179. The molecule has 0 aliphatic carbocycles. The van der Waals surface area contributed by atoms with Crippen LogP contribution >= 0.6 is 0 Å². The summed E-state index contributed by atoms with van der Waals surface area (Å²) in [6.07, 6.45) is 1.16. The summed E-state index contributed by atoms with van der Waals surface area (Å²) in [5.41, 5.74) is 5.31. The van der Waals surface area contributed by atoms with Crippen molar-refractivity contribution in [1.29, 1.82) is 0 Å². The number of phenolic OH excluding ortho intramolecular Hbond substituents is 1. The van der Waals surface area contributed by atoms with Gasteiger partial charge in [0.25, 0.3) is 0 Å². The summed E-state index contributed by atoms with van der Waals surface area (Å²) < 4.78 is 0. The SMILES string of the molecule is NCC(=O)O.O=C=CNc1ccc(O)cc1. The van der Waals surface area contributed by atoms with Gasteiger partial charge in [-0.05, 0) is 24.3 Å². The molecule has 1 aromatic rings. The number of benzene rings is 1. The average Bonchev–Trinajstić information content (AvgIpc) is 2.29. The van der Waals surface area contributed by atoms with Crippen LogP contribution in [-0.2, 0) is 9.59 Å². The molecule has 0 saturated carbocycles. The molecule has 0 amide bonds. The molecule has 0 saturated heterocycles. The molecule has 86 valence electrons. The zero-order valence-corrected chi connectivity index (χ0v) is 8.38.